The van der Waals surface area contributed by atoms with E-state index in [9.17, 15) is 18.0 Å². The van der Waals surface area contributed by atoms with E-state index in [1.54, 1.807) is 24.3 Å². The fourth-order valence-electron chi connectivity index (χ4n) is 5.63. The molecule has 7 nitrogen and oxygen atoms in total. The van der Waals surface area contributed by atoms with Crippen LogP contribution in [0.25, 0.3) is 0 Å². The van der Waals surface area contributed by atoms with E-state index in [1.807, 2.05) is 56.3 Å². The Bertz CT molecular complexity index is 1520. The zero-order valence-corrected chi connectivity index (χ0v) is 27.2. The van der Waals surface area contributed by atoms with Crippen molar-refractivity contribution in [1.29, 1.82) is 0 Å². The molecule has 0 aromatic heterocycles. The number of sulfonamides is 1. The quantitative estimate of drug-likeness (QED) is 0.260. The molecule has 2 amide bonds. The zero-order valence-electron chi connectivity index (χ0n) is 24.9. The summed E-state index contributed by atoms with van der Waals surface area (Å²) in [7, 11) is -3.87. The van der Waals surface area contributed by atoms with Crippen LogP contribution in [0.15, 0.2) is 66.7 Å². The predicted molar refractivity (Wildman–Crippen MR) is 174 cm³/mol. The van der Waals surface area contributed by atoms with Crippen LogP contribution in [0.2, 0.25) is 10.0 Å². The molecule has 0 spiro atoms. The molecule has 3 aromatic carbocycles. The Labute approximate surface area is 265 Å². The van der Waals surface area contributed by atoms with Gasteiger partial charge in [-0.05, 0) is 56.0 Å². The van der Waals surface area contributed by atoms with Gasteiger partial charge in [0.2, 0.25) is 21.8 Å². The predicted octanol–water partition coefficient (Wildman–Crippen LogP) is 6.47. The highest BCUT2D eigenvalue weighted by atomic mass is 35.5. The monoisotopic (exact) mass is 643 g/mol. The van der Waals surface area contributed by atoms with Gasteiger partial charge >= 0.3 is 0 Å². The molecule has 230 valence electrons. The molecule has 4 rings (SSSR count). The maximum Gasteiger partial charge on any atom is 0.244 e. The SMILES string of the molecule is Cc1ccc(N(CC(=O)N(Cc2c(Cl)cccc2Cl)C(Cc2ccccc2)C(=O)NC2CCCCC2)S(C)(=O)=O)c(C)c1. The van der Waals surface area contributed by atoms with E-state index >= 15 is 0 Å². The van der Waals surface area contributed by atoms with Crippen LogP contribution in [0.1, 0.15) is 54.4 Å². The van der Waals surface area contributed by atoms with Gasteiger partial charge in [0.25, 0.3) is 0 Å². The topological polar surface area (TPSA) is 86.8 Å². The van der Waals surface area contributed by atoms with Crippen LogP contribution >= 0.6 is 23.2 Å². The molecule has 0 aliphatic heterocycles. The minimum absolute atomic E-state index is 0.0168. The molecule has 1 aliphatic rings. The number of hydrogen-bond acceptors (Lipinski definition) is 4. The number of nitrogens with one attached hydrogen (secondary N) is 1. The van der Waals surface area contributed by atoms with Crippen LogP contribution < -0.4 is 9.62 Å². The van der Waals surface area contributed by atoms with E-state index in [4.69, 9.17) is 23.2 Å². The Hall–Kier alpha value is -3.07. The van der Waals surface area contributed by atoms with Gasteiger partial charge in [0.1, 0.15) is 12.6 Å². The minimum atomic E-state index is -3.87. The van der Waals surface area contributed by atoms with Crippen molar-refractivity contribution in [3.8, 4) is 0 Å². The number of hydrogen-bond donors (Lipinski definition) is 1. The molecule has 1 atom stereocenters. The lowest BCUT2D eigenvalue weighted by Crippen LogP contribution is -2.55. The number of aryl methyl sites for hydroxylation is 2. The molecule has 1 aliphatic carbocycles. The fraction of sp³-hybridized carbons (Fsp3) is 0.394. The smallest absolute Gasteiger partial charge is 0.244 e. The van der Waals surface area contributed by atoms with Gasteiger partial charge in [0, 0.05) is 34.6 Å². The highest BCUT2D eigenvalue weighted by Crippen LogP contribution is 2.29. The second-order valence-electron chi connectivity index (χ2n) is 11.3. The van der Waals surface area contributed by atoms with E-state index in [-0.39, 0.29) is 24.9 Å². The molecule has 1 saturated carbocycles. The minimum Gasteiger partial charge on any atom is -0.352 e. The summed E-state index contributed by atoms with van der Waals surface area (Å²) >= 11 is 13.1. The maximum atomic E-state index is 14.4. The summed E-state index contributed by atoms with van der Waals surface area (Å²) in [6, 6.07) is 19.0. The molecule has 10 heteroatoms. The summed E-state index contributed by atoms with van der Waals surface area (Å²) in [6.07, 6.45) is 6.26. The van der Waals surface area contributed by atoms with Gasteiger partial charge in [-0.25, -0.2) is 8.42 Å². The molecule has 3 aromatic rings. The third kappa shape index (κ3) is 8.74. The summed E-state index contributed by atoms with van der Waals surface area (Å²) in [6.45, 7) is 3.16. The van der Waals surface area contributed by atoms with Crippen molar-refractivity contribution in [3.05, 3.63) is 99.0 Å². The molecule has 0 saturated heterocycles. The lowest BCUT2D eigenvalue weighted by Gasteiger charge is -2.35. The van der Waals surface area contributed by atoms with E-state index in [1.165, 1.54) is 4.90 Å². The van der Waals surface area contributed by atoms with Crippen LogP contribution in [0.3, 0.4) is 0 Å². The third-order valence-corrected chi connectivity index (χ3v) is 9.75. The third-order valence-electron chi connectivity index (χ3n) is 7.91. The Morgan fingerprint density at radius 2 is 1.58 bits per heavy atom. The highest BCUT2D eigenvalue weighted by molar-refractivity contribution is 7.92. The van der Waals surface area contributed by atoms with E-state index < -0.39 is 28.5 Å². The second-order valence-corrected chi connectivity index (χ2v) is 14.1. The van der Waals surface area contributed by atoms with Crippen molar-refractivity contribution in [2.75, 3.05) is 17.1 Å². The van der Waals surface area contributed by atoms with Crippen molar-refractivity contribution in [1.82, 2.24) is 10.2 Å². The molecule has 1 unspecified atom stereocenters. The average molecular weight is 645 g/mol. The molecule has 0 radical (unpaired) electrons. The van der Waals surface area contributed by atoms with E-state index in [2.05, 4.69) is 5.32 Å². The van der Waals surface area contributed by atoms with Crippen molar-refractivity contribution >= 4 is 50.7 Å². The summed E-state index contributed by atoms with van der Waals surface area (Å²) in [5, 5.41) is 3.89. The number of amides is 2. The molecule has 43 heavy (non-hydrogen) atoms. The molecular weight excluding hydrogens is 605 g/mol. The summed E-state index contributed by atoms with van der Waals surface area (Å²) in [5.74, 6) is -0.828. The first-order valence-corrected chi connectivity index (χ1v) is 17.2. The first-order valence-electron chi connectivity index (χ1n) is 14.6. The summed E-state index contributed by atoms with van der Waals surface area (Å²) < 4.78 is 27.3. The summed E-state index contributed by atoms with van der Waals surface area (Å²) in [5.41, 5.74) is 3.44. The zero-order chi connectivity index (χ0) is 31.1. The first-order chi connectivity index (χ1) is 20.4. The molecule has 1 N–H and O–H groups in total. The lowest BCUT2D eigenvalue weighted by molar-refractivity contribution is -0.140. The Kier molecular flexibility index (Phi) is 11.2. The van der Waals surface area contributed by atoms with Crippen LogP contribution in [-0.4, -0.2) is 50.0 Å². The van der Waals surface area contributed by atoms with Gasteiger partial charge < -0.3 is 10.2 Å². The van der Waals surface area contributed by atoms with Crippen LogP contribution in [0.4, 0.5) is 5.69 Å². The van der Waals surface area contributed by atoms with Gasteiger partial charge in [0.15, 0.2) is 0 Å². The van der Waals surface area contributed by atoms with Crippen LogP contribution in [0.5, 0.6) is 0 Å². The van der Waals surface area contributed by atoms with Crippen molar-refractivity contribution in [3.63, 3.8) is 0 Å². The molecular formula is C33H39Cl2N3O4S. The van der Waals surface area contributed by atoms with Gasteiger partial charge in [-0.2, -0.15) is 0 Å². The Morgan fingerprint density at radius 1 is 0.930 bits per heavy atom. The number of nitrogens with zero attached hydrogens (tertiary/aromatic N) is 2. The van der Waals surface area contributed by atoms with Crippen LogP contribution in [-0.2, 0) is 32.6 Å². The standard InChI is InChI=1S/C33H39Cl2N3O4S/c1-23-17-18-30(24(2)19-23)38(43(3,41)42)22-32(39)37(21-27-28(34)15-10-16-29(27)35)31(20-25-11-6-4-7-12-25)33(40)36-26-13-8-5-9-14-26/h4,6-7,10-12,15-19,26,31H,5,8-9,13-14,20-22H2,1-3H3,(H,36,40). The number of rotatable bonds is 11. The first kappa shape index (κ1) is 32.8. The number of carbonyl (C=O) groups excluding carboxylic acids is 2. The number of carbonyl (C=O) groups is 2. The number of halogens is 2. The average Bonchev–Trinajstić information content (AvgIpc) is 2.95. The maximum absolute atomic E-state index is 14.4. The van der Waals surface area contributed by atoms with Crippen molar-refractivity contribution < 1.29 is 18.0 Å². The van der Waals surface area contributed by atoms with E-state index in [0.29, 0.717) is 21.3 Å². The number of benzene rings is 3. The summed E-state index contributed by atoms with van der Waals surface area (Å²) in [4.78, 5) is 29.9. The Morgan fingerprint density at radius 3 is 2.19 bits per heavy atom. The van der Waals surface area contributed by atoms with Gasteiger partial charge in [-0.1, -0.05) is 96.6 Å². The largest absolute Gasteiger partial charge is 0.352 e. The lowest BCUT2D eigenvalue weighted by atomic mass is 9.94. The van der Waals surface area contributed by atoms with Crippen LogP contribution in [0, 0.1) is 13.8 Å². The number of anilines is 1. The Balaban J connectivity index is 1.77. The fourth-order valence-corrected chi connectivity index (χ4v) is 7.06. The van der Waals surface area contributed by atoms with Crippen molar-refractivity contribution in [2.45, 2.75) is 71.0 Å². The van der Waals surface area contributed by atoms with E-state index in [0.717, 1.165) is 59.4 Å². The highest BCUT2D eigenvalue weighted by Gasteiger charge is 2.35. The van der Waals surface area contributed by atoms with Crippen molar-refractivity contribution in [2.24, 2.45) is 0 Å². The molecule has 0 bridgehead atoms. The van der Waals surface area contributed by atoms with Gasteiger partial charge in [-0.3, -0.25) is 13.9 Å². The normalized spacial score (nSPS) is 14.6. The van der Waals surface area contributed by atoms with Gasteiger partial charge in [-0.15, -0.1) is 0 Å². The van der Waals surface area contributed by atoms with Gasteiger partial charge in [0.05, 0.1) is 11.9 Å². The second kappa shape index (κ2) is 14.6. The molecule has 1 fully saturated rings. The molecule has 0 heterocycles.